The Labute approximate surface area is 123 Å². The maximum absolute atomic E-state index is 12.7. The van der Waals surface area contributed by atoms with Crippen molar-refractivity contribution in [2.45, 2.75) is 51.6 Å². The second-order valence-electron chi connectivity index (χ2n) is 7.22. The summed E-state index contributed by atoms with van der Waals surface area (Å²) in [5.74, 6) is 1.53. The molecule has 2 N–H and O–H groups in total. The summed E-state index contributed by atoms with van der Waals surface area (Å²) < 4.78 is 0. The van der Waals surface area contributed by atoms with Crippen molar-refractivity contribution in [3.05, 3.63) is 0 Å². The number of nitrogens with two attached hydrogens (primary N) is 1. The van der Waals surface area contributed by atoms with E-state index >= 15 is 0 Å². The zero-order valence-electron chi connectivity index (χ0n) is 13.5. The van der Waals surface area contributed by atoms with Crippen LogP contribution in [0, 0.1) is 17.8 Å². The molecule has 0 aromatic rings. The van der Waals surface area contributed by atoms with Gasteiger partial charge in [-0.25, -0.2) is 0 Å². The lowest BCUT2D eigenvalue weighted by molar-refractivity contribution is -0.140. The topological polar surface area (TPSA) is 49.6 Å². The molecule has 4 unspecified atom stereocenters. The van der Waals surface area contributed by atoms with E-state index in [9.17, 15) is 4.79 Å². The van der Waals surface area contributed by atoms with Crippen LogP contribution in [-0.2, 0) is 4.79 Å². The van der Waals surface area contributed by atoms with Gasteiger partial charge in [0, 0.05) is 31.1 Å². The number of nitrogens with zero attached hydrogens (tertiary/aromatic N) is 2. The Bertz CT molecular complexity index is 337. The molecule has 1 saturated carbocycles. The molecule has 116 valence electrons. The minimum absolute atomic E-state index is 0.150. The maximum atomic E-state index is 12.7. The number of piperidine rings is 1. The summed E-state index contributed by atoms with van der Waals surface area (Å²) in [7, 11) is 4.26. The van der Waals surface area contributed by atoms with E-state index in [2.05, 4.69) is 37.7 Å². The molecule has 1 aliphatic heterocycles. The van der Waals surface area contributed by atoms with Gasteiger partial charge >= 0.3 is 0 Å². The number of likely N-dealkylation sites (tertiary alicyclic amines) is 1. The first-order valence-electron chi connectivity index (χ1n) is 8.11. The summed E-state index contributed by atoms with van der Waals surface area (Å²) in [5, 5.41) is 0. The fourth-order valence-corrected chi connectivity index (χ4v) is 3.86. The number of rotatable bonds is 2. The van der Waals surface area contributed by atoms with Gasteiger partial charge in [-0.2, -0.15) is 0 Å². The van der Waals surface area contributed by atoms with Gasteiger partial charge in [-0.3, -0.25) is 4.79 Å². The highest BCUT2D eigenvalue weighted by atomic mass is 16.2. The first kappa shape index (κ1) is 15.8. The van der Waals surface area contributed by atoms with Gasteiger partial charge in [0.05, 0.1) is 0 Å². The Kier molecular flexibility index (Phi) is 5.08. The Morgan fingerprint density at radius 2 is 1.70 bits per heavy atom. The minimum Gasteiger partial charge on any atom is -0.342 e. The third kappa shape index (κ3) is 3.34. The van der Waals surface area contributed by atoms with E-state index in [1.807, 2.05) is 0 Å². The third-order valence-corrected chi connectivity index (χ3v) is 5.51. The lowest BCUT2D eigenvalue weighted by atomic mass is 9.72. The number of hydrogen-bond acceptors (Lipinski definition) is 3. The van der Waals surface area contributed by atoms with Crippen LogP contribution in [0.5, 0.6) is 0 Å². The van der Waals surface area contributed by atoms with E-state index in [4.69, 9.17) is 5.73 Å². The van der Waals surface area contributed by atoms with Gasteiger partial charge in [0.2, 0.25) is 5.91 Å². The lowest BCUT2D eigenvalue weighted by Crippen LogP contribution is -2.50. The molecule has 1 heterocycles. The Balaban J connectivity index is 1.92. The monoisotopic (exact) mass is 281 g/mol. The average Bonchev–Trinajstić information content (AvgIpc) is 2.42. The Morgan fingerprint density at radius 1 is 1.10 bits per heavy atom. The SMILES string of the molecule is CC1CC(C)C(C(=O)N2CCC(N(C)C)CC2)CC1N. The number of hydrogen-bond donors (Lipinski definition) is 1. The fraction of sp³-hybridized carbons (Fsp3) is 0.938. The van der Waals surface area contributed by atoms with Crippen LogP contribution < -0.4 is 5.73 Å². The molecule has 2 aliphatic rings. The summed E-state index contributed by atoms with van der Waals surface area (Å²) in [6, 6.07) is 0.824. The summed E-state index contributed by atoms with van der Waals surface area (Å²) in [5.41, 5.74) is 6.18. The van der Waals surface area contributed by atoms with Crippen LogP contribution >= 0.6 is 0 Å². The molecule has 20 heavy (non-hydrogen) atoms. The van der Waals surface area contributed by atoms with Gasteiger partial charge in [0.25, 0.3) is 0 Å². The maximum Gasteiger partial charge on any atom is 0.226 e. The molecule has 0 radical (unpaired) electrons. The van der Waals surface area contributed by atoms with E-state index in [0.29, 0.717) is 23.8 Å². The number of carbonyl (C=O) groups excluding carboxylic acids is 1. The molecule has 2 fully saturated rings. The van der Waals surface area contributed by atoms with Crippen LogP contribution in [0.1, 0.15) is 39.5 Å². The molecular weight excluding hydrogens is 250 g/mol. The van der Waals surface area contributed by atoms with Crippen LogP contribution in [0.25, 0.3) is 0 Å². The Hall–Kier alpha value is -0.610. The molecule has 1 aliphatic carbocycles. The predicted molar refractivity (Wildman–Crippen MR) is 82.3 cm³/mol. The largest absolute Gasteiger partial charge is 0.342 e. The molecule has 0 aromatic heterocycles. The fourth-order valence-electron chi connectivity index (χ4n) is 3.86. The summed E-state index contributed by atoms with van der Waals surface area (Å²) in [6.45, 7) is 6.26. The first-order chi connectivity index (χ1) is 9.40. The Morgan fingerprint density at radius 3 is 2.25 bits per heavy atom. The number of amides is 1. The minimum atomic E-state index is 0.150. The average molecular weight is 281 g/mol. The molecule has 1 saturated heterocycles. The van der Waals surface area contributed by atoms with Crippen molar-refractivity contribution in [3.8, 4) is 0 Å². The zero-order valence-corrected chi connectivity index (χ0v) is 13.5. The van der Waals surface area contributed by atoms with Crippen LogP contribution in [0.3, 0.4) is 0 Å². The van der Waals surface area contributed by atoms with Gasteiger partial charge < -0.3 is 15.5 Å². The quantitative estimate of drug-likeness (QED) is 0.835. The normalized spacial score (nSPS) is 36.4. The standard InChI is InChI=1S/C16H31N3O/c1-11-9-12(2)15(17)10-14(11)16(20)19-7-5-13(6-8-19)18(3)4/h11-15H,5-10,17H2,1-4H3. The first-order valence-corrected chi connectivity index (χ1v) is 8.11. The lowest BCUT2D eigenvalue weighted by Gasteiger charge is -2.41. The van der Waals surface area contributed by atoms with E-state index in [-0.39, 0.29) is 12.0 Å². The third-order valence-electron chi connectivity index (χ3n) is 5.51. The molecule has 1 amide bonds. The molecule has 0 aromatic carbocycles. The van der Waals surface area contributed by atoms with Crippen molar-refractivity contribution in [3.63, 3.8) is 0 Å². The number of carbonyl (C=O) groups is 1. The van der Waals surface area contributed by atoms with Gasteiger partial charge in [0.1, 0.15) is 0 Å². The van der Waals surface area contributed by atoms with E-state index < -0.39 is 0 Å². The molecule has 4 nitrogen and oxygen atoms in total. The highest BCUT2D eigenvalue weighted by Gasteiger charge is 2.37. The van der Waals surface area contributed by atoms with E-state index in [0.717, 1.165) is 38.8 Å². The van der Waals surface area contributed by atoms with Crippen molar-refractivity contribution in [1.82, 2.24) is 9.80 Å². The molecule has 0 bridgehead atoms. The summed E-state index contributed by atoms with van der Waals surface area (Å²) in [6.07, 6.45) is 4.16. The van der Waals surface area contributed by atoms with Gasteiger partial charge in [-0.1, -0.05) is 13.8 Å². The summed E-state index contributed by atoms with van der Waals surface area (Å²) >= 11 is 0. The van der Waals surface area contributed by atoms with Gasteiger partial charge in [0.15, 0.2) is 0 Å². The van der Waals surface area contributed by atoms with Crippen molar-refractivity contribution in [1.29, 1.82) is 0 Å². The molecule has 0 spiro atoms. The van der Waals surface area contributed by atoms with Crippen molar-refractivity contribution >= 4 is 5.91 Å². The van der Waals surface area contributed by atoms with Crippen molar-refractivity contribution < 1.29 is 4.79 Å². The van der Waals surface area contributed by atoms with Crippen LogP contribution in [0.4, 0.5) is 0 Å². The van der Waals surface area contributed by atoms with E-state index in [1.165, 1.54) is 0 Å². The van der Waals surface area contributed by atoms with Crippen molar-refractivity contribution in [2.24, 2.45) is 23.5 Å². The smallest absolute Gasteiger partial charge is 0.226 e. The predicted octanol–water partition coefficient (Wildman–Crippen LogP) is 1.55. The second-order valence-corrected chi connectivity index (χ2v) is 7.22. The van der Waals surface area contributed by atoms with Crippen LogP contribution in [0.15, 0.2) is 0 Å². The molecule has 2 rings (SSSR count). The second kappa shape index (κ2) is 6.44. The highest BCUT2D eigenvalue weighted by molar-refractivity contribution is 5.79. The van der Waals surface area contributed by atoms with Gasteiger partial charge in [-0.05, 0) is 51.6 Å². The van der Waals surface area contributed by atoms with Crippen molar-refractivity contribution in [2.75, 3.05) is 27.2 Å². The van der Waals surface area contributed by atoms with E-state index in [1.54, 1.807) is 0 Å². The summed E-state index contributed by atoms with van der Waals surface area (Å²) in [4.78, 5) is 17.1. The van der Waals surface area contributed by atoms with Crippen LogP contribution in [0.2, 0.25) is 0 Å². The zero-order chi connectivity index (χ0) is 14.9. The van der Waals surface area contributed by atoms with Crippen LogP contribution in [-0.4, -0.2) is 55.0 Å². The molecule has 4 atom stereocenters. The molecular formula is C16H31N3O. The highest BCUT2D eigenvalue weighted by Crippen LogP contribution is 2.34. The molecule has 4 heteroatoms. The van der Waals surface area contributed by atoms with Gasteiger partial charge in [-0.15, -0.1) is 0 Å².